The lowest BCUT2D eigenvalue weighted by atomic mass is 10.1. The molecule has 0 aliphatic heterocycles. The fourth-order valence-electron chi connectivity index (χ4n) is 2.25. The number of aromatic nitrogens is 4. The molecule has 128 valence electrons. The Kier molecular flexibility index (Phi) is 4.93. The highest BCUT2D eigenvalue weighted by Crippen LogP contribution is 2.23. The van der Waals surface area contributed by atoms with Crippen molar-refractivity contribution in [3.8, 4) is 17.1 Å². The lowest BCUT2D eigenvalue weighted by Gasteiger charge is -2.07. The van der Waals surface area contributed by atoms with Crippen molar-refractivity contribution in [2.75, 3.05) is 0 Å². The number of aromatic amines is 1. The highest BCUT2D eigenvalue weighted by molar-refractivity contribution is 7.71. The van der Waals surface area contributed by atoms with Crippen molar-refractivity contribution >= 4 is 30.0 Å². The Hall–Kier alpha value is -2.55. The van der Waals surface area contributed by atoms with Crippen LogP contribution in [0.4, 0.5) is 0 Å². The summed E-state index contributed by atoms with van der Waals surface area (Å²) < 4.78 is 1.69. The number of nitrogens with zero attached hydrogens (tertiary/aromatic N) is 4. The van der Waals surface area contributed by atoms with Gasteiger partial charge in [0, 0.05) is 27.9 Å². The summed E-state index contributed by atoms with van der Waals surface area (Å²) >= 11 is 11.2. The van der Waals surface area contributed by atoms with Gasteiger partial charge in [-0.1, -0.05) is 23.7 Å². The molecule has 25 heavy (non-hydrogen) atoms. The molecule has 0 saturated heterocycles. The predicted molar refractivity (Wildman–Crippen MR) is 97.4 cm³/mol. The normalized spacial score (nSPS) is 11.3. The summed E-state index contributed by atoms with van der Waals surface area (Å²) in [6.45, 7) is 1.38. The van der Waals surface area contributed by atoms with Gasteiger partial charge in [0.15, 0.2) is 5.82 Å². The summed E-state index contributed by atoms with van der Waals surface area (Å²) in [7, 11) is 0. The van der Waals surface area contributed by atoms with Crippen LogP contribution in [0.2, 0.25) is 5.02 Å². The third-order valence-electron chi connectivity index (χ3n) is 3.56. The minimum Gasteiger partial charge on any atom is -0.505 e. The molecule has 0 radical (unpaired) electrons. The molecule has 0 saturated carbocycles. The van der Waals surface area contributed by atoms with Crippen LogP contribution in [-0.4, -0.2) is 36.3 Å². The van der Waals surface area contributed by atoms with E-state index in [1.807, 2.05) is 6.07 Å². The maximum Gasteiger partial charge on any atom is 0.216 e. The Labute approximate surface area is 153 Å². The van der Waals surface area contributed by atoms with E-state index in [1.165, 1.54) is 17.1 Å². The van der Waals surface area contributed by atoms with Gasteiger partial charge in [0.05, 0.1) is 18.5 Å². The number of halogens is 1. The first-order valence-electron chi connectivity index (χ1n) is 7.27. The van der Waals surface area contributed by atoms with Gasteiger partial charge in [-0.05, 0) is 31.3 Å². The molecule has 0 unspecified atom stereocenters. The number of hydrogen-bond acceptors (Lipinski definition) is 6. The Morgan fingerprint density at radius 2 is 2.24 bits per heavy atom. The maximum atomic E-state index is 10.2. The van der Waals surface area contributed by atoms with Gasteiger partial charge in [0.25, 0.3) is 0 Å². The van der Waals surface area contributed by atoms with Crippen molar-refractivity contribution in [2.24, 2.45) is 5.10 Å². The molecular formula is C16H14ClN5O2S. The standard InChI is InChI=1S/C16H14ClN5O2S/c1-9-14(24)13(11(8-23)6-18-9)7-19-22-15(20-21-16(22)25)10-3-2-4-12(17)5-10/h2-7,23-24H,8H2,1H3,(H,21,25)/b19-7+. The third kappa shape index (κ3) is 3.46. The second kappa shape index (κ2) is 7.14. The Balaban J connectivity index is 2.09. The van der Waals surface area contributed by atoms with E-state index >= 15 is 0 Å². The monoisotopic (exact) mass is 375 g/mol. The van der Waals surface area contributed by atoms with Crippen LogP contribution in [0, 0.1) is 11.7 Å². The summed E-state index contributed by atoms with van der Waals surface area (Å²) in [6.07, 6.45) is 2.90. The fourth-order valence-corrected chi connectivity index (χ4v) is 2.62. The molecule has 0 fully saturated rings. The van der Waals surface area contributed by atoms with Crippen molar-refractivity contribution in [1.82, 2.24) is 19.9 Å². The smallest absolute Gasteiger partial charge is 0.216 e. The van der Waals surface area contributed by atoms with Crippen LogP contribution in [0.5, 0.6) is 5.75 Å². The van der Waals surface area contributed by atoms with Crippen molar-refractivity contribution in [1.29, 1.82) is 0 Å². The van der Waals surface area contributed by atoms with Crippen LogP contribution >= 0.6 is 23.8 Å². The van der Waals surface area contributed by atoms with Crippen LogP contribution in [0.15, 0.2) is 35.6 Å². The van der Waals surface area contributed by atoms with E-state index in [4.69, 9.17) is 23.8 Å². The summed E-state index contributed by atoms with van der Waals surface area (Å²) in [5.74, 6) is 0.425. The van der Waals surface area contributed by atoms with Crippen LogP contribution in [0.25, 0.3) is 11.4 Å². The third-order valence-corrected chi connectivity index (χ3v) is 4.06. The molecule has 0 amide bonds. The first kappa shape index (κ1) is 17.3. The largest absolute Gasteiger partial charge is 0.505 e. The quantitative estimate of drug-likeness (QED) is 0.480. The average Bonchev–Trinajstić information content (AvgIpc) is 2.97. The molecular weight excluding hydrogens is 362 g/mol. The molecule has 0 aliphatic carbocycles. The number of pyridine rings is 1. The molecule has 0 bridgehead atoms. The van der Waals surface area contributed by atoms with Gasteiger partial charge < -0.3 is 10.2 Å². The molecule has 0 aliphatic rings. The van der Waals surface area contributed by atoms with Crippen molar-refractivity contribution in [2.45, 2.75) is 13.5 Å². The van der Waals surface area contributed by atoms with Gasteiger partial charge in [-0.15, -0.1) is 0 Å². The lowest BCUT2D eigenvalue weighted by Crippen LogP contribution is -2.00. The van der Waals surface area contributed by atoms with Gasteiger partial charge in [0.2, 0.25) is 4.77 Å². The van der Waals surface area contributed by atoms with E-state index in [2.05, 4.69) is 20.3 Å². The fraction of sp³-hybridized carbons (Fsp3) is 0.125. The number of rotatable bonds is 4. The minimum absolute atomic E-state index is 0.0466. The van der Waals surface area contributed by atoms with Gasteiger partial charge in [-0.3, -0.25) is 4.98 Å². The van der Waals surface area contributed by atoms with Gasteiger partial charge in [-0.25, -0.2) is 5.10 Å². The average molecular weight is 376 g/mol. The van der Waals surface area contributed by atoms with Crippen molar-refractivity contribution < 1.29 is 10.2 Å². The van der Waals surface area contributed by atoms with E-state index in [9.17, 15) is 10.2 Å². The van der Waals surface area contributed by atoms with E-state index < -0.39 is 0 Å². The van der Waals surface area contributed by atoms with Crippen LogP contribution in [0.1, 0.15) is 16.8 Å². The lowest BCUT2D eigenvalue weighted by molar-refractivity contribution is 0.280. The Morgan fingerprint density at radius 3 is 2.96 bits per heavy atom. The second-order valence-corrected chi connectivity index (χ2v) is 6.03. The number of nitrogens with one attached hydrogen (secondary N) is 1. The SMILES string of the molecule is Cc1ncc(CO)c(/C=N/n2c(-c3cccc(Cl)c3)n[nH]c2=S)c1O. The summed E-state index contributed by atoms with van der Waals surface area (Å²) in [5, 5.41) is 31.3. The molecule has 0 spiro atoms. The molecule has 0 atom stereocenters. The molecule has 7 nitrogen and oxygen atoms in total. The van der Waals surface area contributed by atoms with E-state index in [-0.39, 0.29) is 17.1 Å². The molecule has 3 N–H and O–H groups in total. The minimum atomic E-state index is -0.278. The van der Waals surface area contributed by atoms with Crippen LogP contribution in [-0.2, 0) is 6.61 Å². The number of aliphatic hydroxyl groups excluding tert-OH is 1. The van der Waals surface area contributed by atoms with Crippen LogP contribution in [0.3, 0.4) is 0 Å². The Bertz CT molecular complexity index is 1010. The number of hydrogen-bond donors (Lipinski definition) is 3. The van der Waals surface area contributed by atoms with E-state index in [1.54, 1.807) is 25.1 Å². The van der Waals surface area contributed by atoms with Crippen molar-refractivity contribution in [3.05, 3.63) is 57.1 Å². The number of aliphatic hydroxyl groups is 1. The van der Waals surface area contributed by atoms with Gasteiger partial charge >= 0.3 is 0 Å². The second-order valence-electron chi connectivity index (χ2n) is 5.21. The zero-order valence-electron chi connectivity index (χ0n) is 13.1. The zero-order valence-corrected chi connectivity index (χ0v) is 14.7. The summed E-state index contributed by atoms with van der Waals surface area (Å²) in [4.78, 5) is 4.02. The first-order valence-corrected chi connectivity index (χ1v) is 8.06. The highest BCUT2D eigenvalue weighted by Gasteiger charge is 2.11. The van der Waals surface area contributed by atoms with Crippen molar-refractivity contribution in [3.63, 3.8) is 0 Å². The number of aromatic hydroxyl groups is 1. The zero-order chi connectivity index (χ0) is 18.0. The summed E-state index contributed by atoms with van der Waals surface area (Å²) in [6, 6.07) is 7.12. The number of H-pyrrole nitrogens is 1. The first-order chi connectivity index (χ1) is 12.0. The molecule has 1 aromatic carbocycles. The molecule has 9 heteroatoms. The maximum absolute atomic E-state index is 10.2. The van der Waals surface area contributed by atoms with Gasteiger partial charge in [-0.2, -0.15) is 14.9 Å². The summed E-state index contributed by atoms with van der Waals surface area (Å²) in [5.41, 5.74) is 1.99. The van der Waals surface area contributed by atoms with E-state index in [0.717, 1.165) is 5.56 Å². The van der Waals surface area contributed by atoms with Gasteiger partial charge in [0.1, 0.15) is 5.75 Å². The molecule has 3 rings (SSSR count). The molecule has 3 aromatic rings. The molecule has 2 aromatic heterocycles. The number of benzene rings is 1. The predicted octanol–water partition coefficient (Wildman–Crippen LogP) is 3.04. The number of aryl methyl sites for hydroxylation is 1. The molecule has 2 heterocycles. The topological polar surface area (TPSA) is 99.3 Å². The highest BCUT2D eigenvalue weighted by atomic mass is 35.5. The van der Waals surface area contributed by atoms with E-state index in [0.29, 0.717) is 27.7 Å². The van der Waals surface area contributed by atoms with Crippen LogP contribution < -0.4 is 0 Å². The Morgan fingerprint density at radius 1 is 1.44 bits per heavy atom.